The summed E-state index contributed by atoms with van der Waals surface area (Å²) in [6.07, 6.45) is -6.05. The number of benzene rings is 1. The van der Waals surface area contributed by atoms with E-state index in [0.717, 1.165) is 16.0 Å². The number of aromatic nitrogens is 1. The summed E-state index contributed by atoms with van der Waals surface area (Å²) in [5.74, 6) is -2.00. The topological polar surface area (TPSA) is 163 Å². The molecule has 2 atom stereocenters. The molecule has 59 heavy (non-hydrogen) atoms. The number of imide groups is 1. The number of carbonyl (C=O) groups is 4. The number of carbonyl (C=O) groups excluding carboxylic acids is 4. The van der Waals surface area contributed by atoms with Crippen molar-refractivity contribution in [3.05, 3.63) is 47.8 Å². The van der Waals surface area contributed by atoms with Crippen LogP contribution in [0.15, 0.2) is 36.5 Å². The van der Waals surface area contributed by atoms with Crippen molar-refractivity contribution in [1.29, 1.82) is 5.26 Å². The first-order chi connectivity index (χ1) is 27.8. The van der Waals surface area contributed by atoms with Crippen LogP contribution in [0.2, 0.25) is 0 Å². The number of anilines is 3. The fourth-order valence-corrected chi connectivity index (χ4v) is 8.60. The van der Waals surface area contributed by atoms with Gasteiger partial charge in [-0.05, 0) is 82.4 Å². The molecular formula is C38H43F6N9O5S. The molecule has 4 aliphatic rings. The van der Waals surface area contributed by atoms with Crippen LogP contribution >= 0.6 is 12.2 Å². The largest absolute Gasteiger partial charge is 0.419 e. The molecule has 1 aromatic heterocycles. The van der Waals surface area contributed by atoms with Crippen LogP contribution < -0.4 is 20.9 Å². The first kappa shape index (κ1) is 43.7. The summed E-state index contributed by atoms with van der Waals surface area (Å²) < 4.78 is 90.0. The molecule has 4 heterocycles. The highest BCUT2D eigenvalue weighted by molar-refractivity contribution is 7.80. The summed E-state index contributed by atoms with van der Waals surface area (Å²) in [5, 5.41) is 17.0. The third kappa shape index (κ3) is 9.94. The van der Waals surface area contributed by atoms with Crippen molar-refractivity contribution in [2.75, 3.05) is 54.9 Å². The van der Waals surface area contributed by atoms with Gasteiger partial charge in [0.1, 0.15) is 23.7 Å². The summed E-state index contributed by atoms with van der Waals surface area (Å²) >= 11 is 5.65. The monoisotopic (exact) mass is 851 g/mol. The fourth-order valence-electron chi connectivity index (χ4n) is 8.03. The molecule has 4 amide bonds. The number of amides is 4. The van der Waals surface area contributed by atoms with E-state index in [4.69, 9.17) is 22.2 Å². The quantitative estimate of drug-likeness (QED) is 0.166. The standard InChI is InChI=1S/C38H43F6N9O5S/c1-36(2)34(57)52(25-17-27(37(39,40)41)29(18-45)46-19-25)35(59)53(36)24-6-8-26(9-7-24)58-15-14-50-12-13-51(30(20-50)38(42,43)44)21-32(55)48-23-5-3-4-22(16-23)47-28-10-11-31(54)49-33(28)56/h3-5,16-17,19,24,26,28,30,47H,6-15,20-21H2,1-2H3,(H,48,55)(H,49,54,56)/t24-,26-,28-,30?/m0/s1. The van der Waals surface area contributed by atoms with Crippen molar-refractivity contribution in [3.63, 3.8) is 0 Å². The fraction of sp³-hybridized carbons (Fsp3) is 0.553. The van der Waals surface area contributed by atoms with Crippen molar-refractivity contribution in [2.45, 2.75) is 94.5 Å². The lowest BCUT2D eigenvalue weighted by Gasteiger charge is -2.42. The average molecular weight is 852 g/mol. The molecular weight excluding hydrogens is 809 g/mol. The maximum absolute atomic E-state index is 14.3. The third-order valence-corrected chi connectivity index (χ3v) is 11.4. The van der Waals surface area contributed by atoms with Crippen LogP contribution in [-0.2, 0) is 30.1 Å². The summed E-state index contributed by atoms with van der Waals surface area (Å²) in [5.41, 5.74) is -2.67. The van der Waals surface area contributed by atoms with Crippen molar-refractivity contribution >= 4 is 58.0 Å². The number of hydrogen-bond acceptors (Lipinski definition) is 11. The lowest BCUT2D eigenvalue weighted by Crippen LogP contribution is -2.60. The van der Waals surface area contributed by atoms with Crippen LogP contribution in [0.3, 0.4) is 0 Å². The molecule has 0 radical (unpaired) electrons. The number of alkyl halides is 6. The van der Waals surface area contributed by atoms with Crippen molar-refractivity contribution in [1.82, 2.24) is 25.0 Å². The maximum Gasteiger partial charge on any atom is 0.419 e. The zero-order valence-electron chi connectivity index (χ0n) is 32.2. The van der Waals surface area contributed by atoms with Gasteiger partial charge < -0.3 is 20.3 Å². The Morgan fingerprint density at radius 1 is 1.05 bits per heavy atom. The average Bonchev–Trinajstić information content (AvgIpc) is 3.34. The molecule has 0 spiro atoms. The van der Waals surface area contributed by atoms with Crippen LogP contribution in [0, 0.1) is 11.3 Å². The highest BCUT2D eigenvalue weighted by Gasteiger charge is 2.53. The zero-order chi connectivity index (χ0) is 42.9. The number of pyridine rings is 1. The highest BCUT2D eigenvalue weighted by Crippen LogP contribution is 2.40. The Morgan fingerprint density at radius 2 is 1.76 bits per heavy atom. The molecule has 1 unspecified atom stereocenters. The van der Waals surface area contributed by atoms with E-state index in [9.17, 15) is 45.5 Å². The second-order valence-corrected chi connectivity index (χ2v) is 15.8. The number of rotatable bonds is 11. The predicted octanol–water partition coefficient (Wildman–Crippen LogP) is 4.42. The molecule has 6 rings (SSSR count). The Bertz CT molecular complexity index is 2000. The molecule has 318 valence electrons. The Labute approximate surface area is 341 Å². The highest BCUT2D eigenvalue weighted by atomic mass is 32.1. The normalized spacial score (nSPS) is 24.5. The van der Waals surface area contributed by atoms with Gasteiger partial charge in [0, 0.05) is 50.0 Å². The predicted molar refractivity (Wildman–Crippen MR) is 205 cm³/mol. The molecule has 2 aromatic rings. The number of nitrogens with zero attached hydrogens (tertiary/aromatic N) is 6. The van der Waals surface area contributed by atoms with Gasteiger partial charge in [0.05, 0.1) is 36.7 Å². The molecule has 1 aliphatic carbocycles. The van der Waals surface area contributed by atoms with Crippen LogP contribution in [0.5, 0.6) is 0 Å². The van der Waals surface area contributed by atoms with E-state index >= 15 is 0 Å². The third-order valence-electron chi connectivity index (χ3n) is 11.1. The lowest BCUT2D eigenvalue weighted by molar-refractivity contribution is -0.197. The Morgan fingerprint density at radius 3 is 2.42 bits per heavy atom. The van der Waals surface area contributed by atoms with Gasteiger partial charge in [0.15, 0.2) is 10.8 Å². The second kappa shape index (κ2) is 17.4. The van der Waals surface area contributed by atoms with Gasteiger partial charge in [-0.1, -0.05) is 6.07 Å². The van der Waals surface area contributed by atoms with Gasteiger partial charge in [0.25, 0.3) is 5.91 Å². The minimum absolute atomic E-state index is 0.0167. The first-order valence-corrected chi connectivity index (χ1v) is 19.5. The number of nitrogens with one attached hydrogen (secondary N) is 3. The van der Waals surface area contributed by atoms with E-state index in [2.05, 4.69) is 20.9 Å². The SMILES string of the molecule is CC1(C)C(=O)N(c2cnc(C#N)c(C(F)(F)F)c2)C(=S)N1[C@H]1CC[C@H](OCCN2CCN(CC(=O)Nc3cccc(N[C@H]4CCC(=O)NC4=O)c3)C(C(F)(F)F)C2)CC1. The minimum Gasteiger partial charge on any atom is -0.377 e. The van der Waals surface area contributed by atoms with E-state index in [0.29, 0.717) is 49.5 Å². The molecule has 4 fully saturated rings. The molecule has 3 N–H and O–H groups in total. The summed E-state index contributed by atoms with van der Waals surface area (Å²) in [6, 6.07) is 5.74. The van der Waals surface area contributed by atoms with Gasteiger partial charge in [-0.15, -0.1) is 0 Å². The molecule has 1 aromatic carbocycles. The summed E-state index contributed by atoms with van der Waals surface area (Å²) in [7, 11) is 0. The second-order valence-electron chi connectivity index (χ2n) is 15.5. The van der Waals surface area contributed by atoms with E-state index in [1.165, 1.54) is 6.07 Å². The Kier molecular flexibility index (Phi) is 12.8. The smallest absolute Gasteiger partial charge is 0.377 e. The number of hydrogen-bond donors (Lipinski definition) is 3. The van der Waals surface area contributed by atoms with Gasteiger partial charge in [-0.2, -0.15) is 31.6 Å². The number of ether oxygens (including phenoxy) is 1. The van der Waals surface area contributed by atoms with Crippen LogP contribution in [-0.4, -0.2) is 124 Å². The maximum atomic E-state index is 14.3. The Balaban J connectivity index is 0.971. The van der Waals surface area contributed by atoms with E-state index < -0.39 is 65.5 Å². The molecule has 14 nitrogen and oxygen atoms in total. The van der Waals surface area contributed by atoms with Gasteiger partial charge in [-0.3, -0.25) is 39.2 Å². The zero-order valence-corrected chi connectivity index (χ0v) is 33.0. The molecule has 3 saturated heterocycles. The van der Waals surface area contributed by atoms with Crippen LogP contribution in [0.25, 0.3) is 0 Å². The van der Waals surface area contributed by atoms with Crippen LogP contribution in [0.1, 0.15) is 63.6 Å². The van der Waals surface area contributed by atoms with Crippen molar-refractivity contribution in [2.24, 2.45) is 0 Å². The van der Waals surface area contributed by atoms with Crippen LogP contribution in [0.4, 0.5) is 43.4 Å². The lowest BCUT2D eigenvalue weighted by atomic mass is 9.89. The van der Waals surface area contributed by atoms with E-state index in [1.54, 1.807) is 47.9 Å². The summed E-state index contributed by atoms with van der Waals surface area (Å²) in [6.45, 7) is 3.06. The number of halogens is 6. The van der Waals surface area contributed by atoms with Crippen molar-refractivity contribution in [3.8, 4) is 6.07 Å². The van der Waals surface area contributed by atoms with E-state index in [1.807, 2.05) is 0 Å². The first-order valence-electron chi connectivity index (χ1n) is 19.1. The van der Waals surface area contributed by atoms with Crippen molar-refractivity contribution < 1.29 is 50.3 Å². The number of piperazine rings is 1. The molecule has 1 saturated carbocycles. The number of nitriles is 1. The molecule has 21 heteroatoms. The number of piperidine rings is 1. The molecule has 0 bridgehead atoms. The minimum atomic E-state index is -4.88. The molecule has 3 aliphatic heterocycles. The van der Waals surface area contributed by atoms with Gasteiger partial charge >= 0.3 is 12.4 Å². The number of thiocarbonyl (C=S) groups is 1. The van der Waals surface area contributed by atoms with Gasteiger partial charge in [0.2, 0.25) is 17.7 Å². The van der Waals surface area contributed by atoms with E-state index in [-0.39, 0.29) is 68.1 Å². The summed E-state index contributed by atoms with van der Waals surface area (Å²) in [4.78, 5) is 59.2. The Hall–Kier alpha value is -4.91. The van der Waals surface area contributed by atoms with Gasteiger partial charge in [-0.25, -0.2) is 4.98 Å².